The van der Waals surface area contributed by atoms with Crippen molar-refractivity contribution in [1.29, 1.82) is 0 Å². The van der Waals surface area contributed by atoms with Gasteiger partial charge in [0.25, 0.3) is 0 Å². The Balaban J connectivity index is 1.53. The molecule has 0 saturated heterocycles. The van der Waals surface area contributed by atoms with Gasteiger partial charge in [-0.2, -0.15) is 0 Å². The standard InChI is InChI=1S/C26H26FN5O2S/c1-17-4-12-22(13-5-17)32-24(30-31-26(32)35-16-19-6-8-20(27)9-7-19)18(2)28-25(33)29-21-10-14-23(34-3)15-11-21/h4-15,18H,16H2,1-3H3,(H2,28,29,33). The summed E-state index contributed by atoms with van der Waals surface area (Å²) in [6.07, 6.45) is 0. The summed E-state index contributed by atoms with van der Waals surface area (Å²) in [6.45, 7) is 3.88. The van der Waals surface area contributed by atoms with Crippen LogP contribution in [0.3, 0.4) is 0 Å². The lowest BCUT2D eigenvalue weighted by molar-refractivity contribution is 0.249. The van der Waals surface area contributed by atoms with E-state index in [2.05, 4.69) is 20.8 Å². The Kier molecular flexibility index (Phi) is 7.67. The molecule has 1 heterocycles. The van der Waals surface area contributed by atoms with Crippen molar-refractivity contribution in [3.8, 4) is 11.4 Å². The maximum atomic E-state index is 13.3. The number of amides is 2. The molecule has 4 rings (SSSR count). The summed E-state index contributed by atoms with van der Waals surface area (Å²) in [7, 11) is 1.59. The van der Waals surface area contributed by atoms with Gasteiger partial charge in [-0.1, -0.05) is 41.6 Å². The summed E-state index contributed by atoms with van der Waals surface area (Å²) < 4.78 is 20.3. The molecular weight excluding hydrogens is 465 g/mol. The molecule has 1 unspecified atom stereocenters. The molecule has 2 N–H and O–H groups in total. The maximum Gasteiger partial charge on any atom is 0.319 e. The van der Waals surface area contributed by atoms with Crippen LogP contribution in [0.1, 0.15) is 29.9 Å². The number of aryl methyl sites for hydroxylation is 1. The molecule has 1 atom stereocenters. The van der Waals surface area contributed by atoms with Gasteiger partial charge < -0.3 is 15.4 Å². The molecule has 0 aliphatic carbocycles. The van der Waals surface area contributed by atoms with Crippen molar-refractivity contribution in [2.24, 2.45) is 0 Å². The van der Waals surface area contributed by atoms with E-state index in [1.165, 1.54) is 23.9 Å². The predicted molar refractivity (Wildman–Crippen MR) is 136 cm³/mol. The van der Waals surface area contributed by atoms with Crippen LogP contribution in [0, 0.1) is 12.7 Å². The molecule has 0 aliphatic rings. The normalized spacial score (nSPS) is 11.7. The molecule has 0 saturated carbocycles. The van der Waals surface area contributed by atoms with Gasteiger partial charge in [0.05, 0.1) is 13.2 Å². The molecule has 2 amide bonds. The summed E-state index contributed by atoms with van der Waals surface area (Å²) in [5, 5.41) is 15.2. The van der Waals surface area contributed by atoms with Gasteiger partial charge in [0.15, 0.2) is 11.0 Å². The molecule has 1 aromatic heterocycles. The molecular formula is C26H26FN5O2S. The number of thioether (sulfide) groups is 1. The maximum absolute atomic E-state index is 13.3. The molecule has 35 heavy (non-hydrogen) atoms. The number of methoxy groups -OCH3 is 1. The highest BCUT2D eigenvalue weighted by Crippen LogP contribution is 2.28. The molecule has 9 heteroatoms. The highest BCUT2D eigenvalue weighted by atomic mass is 32.2. The number of ether oxygens (including phenoxy) is 1. The minimum Gasteiger partial charge on any atom is -0.497 e. The van der Waals surface area contributed by atoms with E-state index in [-0.39, 0.29) is 11.8 Å². The van der Waals surface area contributed by atoms with Crippen LogP contribution >= 0.6 is 11.8 Å². The quantitative estimate of drug-likeness (QED) is 0.300. The third-order valence-electron chi connectivity index (χ3n) is 5.31. The number of halogens is 1. The fourth-order valence-electron chi connectivity index (χ4n) is 3.42. The Morgan fingerprint density at radius 3 is 2.37 bits per heavy atom. The SMILES string of the molecule is COc1ccc(NC(=O)NC(C)c2nnc(SCc3ccc(F)cc3)n2-c2ccc(C)cc2)cc1. The average molecular weight is 492 g/mol. The number of hydrogen-bond donors (Lipinski definition) is 2. The van der Waals surface area contributed by atoms with Crippen LogP contribution in [-0.4, -0.2) is 27.9 Å². The number of benzene rings is 3. The molecule has 0 fully saturated rings. The summed E-state index contributed by atoms with van der Waals surface area (Å²) in [4.78, 5) is 12.6. The molecule has 4 aromatic rings. The Morgan fingerprint density at radius 2 is 1.71 bits per heavy atom. The Bertz CT molecular complexity index is 1270. The molecule has 0 bridgehead atoms. The summed E-state index contributed by atoms with van der Waals surface area (Å²) in [6, 6.07) is 20.7. The third-order valence-corrected chi connectivity index (χ3v) is 6.31. The summed E-state index contributed by atoms with van der Waals surface area (Å²) in [5.41, 5.74) is 3.64. The van der Waals surface area contributed by atoms with E-state index in [1.54, 1.807) is 43.5 Å². The molecule has 7 nitrogen and oxygen atoms in total. The van der Waals surface area contributed by atoms with Crippen LogP contribution in [0.2, 0.25) is 0 Å². The fraction of sp³-hybridized carbons (Fsp3) is 0.192. The van der Waals surface area contributed by atoms with E-state index in [1.807, 2.05) is 42.7 Å². The zero-order valence-electron chi connectivity index (χ0n) is 19.7. The van der Waals surface area contributed by atoms with Crippen molar-refractivity contribution < 1.29 is 13.9 Å². The van der Waals surface area contributed by atoms with Crippen LogP contribution in [0.4, 0.5) is 14.9 Å². The minimum atomic E-state index is -0.428. The lowest BCUT2D eigenvalue weighted by Gasteiger charge is -2.17. The topological polar surface area (TPSA) is 81.1 Å². The molecule has 3 aromatic carbocycles. The number of carbonyl (C=O) groups is 1. The monoisotopic (exact) mass is 491 g/mol. The predicted octanol–water partition coefficient (Wildman–Crippen LogP) is 5.90. The van der Waals surface area contributed by atoms with Crippen LogP contribution in [-0.2, 0) is 5.75 Å². The number of hydrogen-bond acceptors (Lipinski definition) is 5. The van der Waals surface area contributed by atoms with Gasteiger partial charge in [-0.15, -0.1) is 10.2 Å². The van der Waals surface area contributed by atoms with E-state index < -0.39 is 6.04 Å². The molecule has 0 spiro atoms. The van der Waals surface area contributed by atoms with E-state index in [0.29, 0.717) is 28.2 Å². The number of anilines is 1. The molecule has 0 radical (unpaired) electrons. The Morgan fingerprint density at radius 1 is 1.03 bits per heavy atom. The van der Waals surface area contributed by atoms with Crippen LogP contribution in [0.25, 0.3) is 5.69 Å². The van der Waals surface area contributed by atoms with Crippen LogP contribution in [0.5, 0.6) is 5.75 Å². The van der Waals surface area contributed by atoms with E-state index >= 15 is 0 Å². The number of aromatic nitrogens is 3. The zero-order chi connectivity index (χ0) is 24.8. The molecule has 180 valence electrons. The lowest BCUT2D eigenvalue weighted by Crippen LogP contribution is -2.32. The number of carbonyl (C=O) groups excluding carboxylic acids is 1. The minimum absolute atomic E-state index is 0.267. The Labute approximate surface area is 207 Å². The van der Waals surface area contributed by atoms with E-state index in [9.17, 15) is 9.18 Å². The fourth-order valence-corrected chi connectivity index (χ4v) is 4.34. The Hall–Kier alpha value is -3.85. The first kappa shape index (κ1) is 24.3. The van der Waals surface area contributed by atoms with Crippen molar-refractivity contribution in [2.45, 2.75) is 30.8 Å². The first-order chi connectivity index (χ1) is 16.9. The second-order valence-electron chi connectivity index (χ2n) is 7.98. The van der Waals surface area contributed by atoms with Crippen LogP contribution in [0.15, 0.2) is 78.0 Å². The van der Waals surface area contributed by atoms with Gasteiger partial charge in [0.2, 0.25) is 0 Å². The summed E-state index contributed by atoms with van der Waals surface area (Å²) >= 11 is 1.49. The highest BCUT2D eigenvalue weighted by molar-refractivity contribution is 7.98. The lowest BCUT2D eigenvalue weighted by atomic mass is 10.2. The second kappa shape index (κ2) is 11.1. The van der Waals surface area contributed by atoms with Crippen molar-refractivity contribution >= 4 is 23.5 Å². The average Bonchev–Trinajstić information content (AvgIpc) is 3.29. The number of nitrogens with zero attached hydrogens (tertiary/aromatic N) is 3. The largest absolute Gasteiger partial charge is 0.497 e. The van der Waals surface area contributed by atoms with Crippen molar-refractivity contribution in [3.05, 3.63) is 95.6 Å². The number of rotatable bonds is 8. The smallest absolute Gasteiger partial charge is 0.319 e. The van der Waals surface area contributed by atoms with Gasteiger partial charge in [0.1, 0.15) is 11.6 Å². The first-order valence-corrected chi connectivity index (χ1v) is 12.0. The van der Waals surface area contributed by atoms with Gasteiger partial charge >= 0.3 is 6.03 Å². The van der Waals surface area contributed by atoms with Crippen LogP contribution < -0.4 is 15.4 Å². The van der Waals surface area contributed by atoms with Gasteiger partial charge in [0, 0.05) is 17.1 Å². The van der Waals surface area contributed by atoms with Crippen molar-refractivity contribution in [3.63, 3.8) is 0 Å². The molecule has 0 aliphatic heterocycles. The van der Waals surface area contributed by atoms with Crippen molar-refractivity contribution in [1.82, 2.24) is 20.1 Å². The van der Waals surface area contributed by atoms with Crippen molar-refractivity contribution in [2.75, 3.05) is 12.4 Å². The number of nitrogens with one attached hydrogen (secondary N) is 2. The highest BCUT2D eigenvalue weighted by Gasteiger charge is 2.21. The van der Waals surface area contributed by atoms with E-state index in [0.717, 1.165) is 16.8 Å². The van der Waals surface area contributed by atoms with Gasteiger partial charge in [-0.05, 0) is 67.9 Å². The van der Waals surface area contributed by atoms with Gasteiger partial charge in [-0.3, -0.25) is 4.57 Å². The second-order valence-corrected chi connectivity index (χ2v) is 8.92. The van der Waals surface area contributed by atoms with Gasteiger partial charge in [-0.25, -0.2) is 9.18 Å². The number of urea groups is 1. The zero-order valence-corrected chi connectivity index (χ0v) is 20.5. The third kappa shape index (κ3) is 6.19. The first-order valence-electron chi connectivity index (χ1n) is 11.0. The summed E-state index contributed by atoms with van der Waals surface area (Å²) in [5.74, 6) is 1.64. The van der Waals surface area contributed by atoms with E-state index in [4.69, 9.17) is 4.74 Å².